The molecule has 0 unspecified atom stereocenters. The Morgan fingerprint density at radius 1 is 0.833 bits per heavy atom. The largest absolute Gasteiger partial charge is 0.361 e. The fourth-order valence-corrected chi connectivity index (χ4v) is 2.98. The number of rotatable bonds is 8. The number of aromatic nitrogens is 3. The summed E-state index contributed by atoms with van der Waals surface area (Å²) >= 11 is 2.29. The molecule has 0 aliphatic heterocycles. The van der Waals surface area contributed by atoms with Crippen molar-refractivity contribution in [2.24, 2.45) is 0 Å². The van der Waals surface area contributed by atoms with Crippen molar-refractivity contribution in [2.75, 3.05) is 0 Å². The van der Waals surface area contributed by atoms with Crippen molar-refractivity contribution < 1.29 is 4.52 Å². The normalized spacial score (nSPS) is 10.9. The highest BCUT2D eigenvalue weighted by molar-refractivity contribution is 14.1. The number of aryl methyl sites for hydroxylation is 4. The van der Waals surface area contributed by atoms with Crippen LogP contribution in [0.25, 0.3) is 0 Å². The van der Waals surface area contributed by atoms with Crippen molar-refractivity contribution >= 4 is 22.6 Å². The summed E-state index contributed by atoms with van der Waals surface area (Å²) in [5.74, 6) is 0.966. The van der Waals surface area contributed by atoms with Crippen LogP contribution in [0.2, 0.25) is 0 Å². The zero-order chi connectivity index (χ0) is 16.6. The van der Waals surface area contributed by atoms with E-state index in [2.05, 4.69) is 55.9 Å². The number of pyridine rings is 2. The van der Waals surface area contributed by atoms with Crippen molar-refractivity contribution in [1.82, 2.24) is 15.1 Å². The predicted molar refractivity (Wildman–Crippen MR) is 102 cm³/mol. The third-order valence-electron chi connectivity index (χ3n) is 3.88. The Labute approximate surface area is 155 Å². The maximum Gasteiger partial charge on any atom is 0.137 e. The SMILES string of the molecule is ICc1cc(CCCc2cc(CCc3ccccn3)ccn2)on1. The van der Waals surface area contributed by atoms with Gasteiger partial charge in [-0.3, -0.25) is 9.97 Å². The summed E-state index contributed by atoms with van der Waals surface area (Å²) in [7, 11) is 0. The van der Waals surface area contributed by atoms with Crippen molar-refractivity contribution in [3.63, 3.8) is 0 Å². The van der Waals surface area contributed by atoms with Gasteiger partial charge >= 0.3 is 0 Å². The molecule has 3 aromatic heterocycles. The summed E-state index contributed by atoms with van der Waals surface area (Å²) in [6.45, 7) is 0. The van der Waals surface area contributed by atoms with Gasteiger partial charge in [-0.2, -0.15) is 0 Å². The van der Waals surface area contributed by atoms with E-state index in [0.717, 1.165) is 59.4 Å². The standard InChI is InChI=1S/C19H20IN3O/c20-14-18-13-19(24-23-18)6-3-5-17-12-15(9-11-22-17)7-8-16-4-1-2-10-21-16/h1-2,4,9-13H,3,5-8,14H2. The quantitative estimate of drug-likeness (QED) is 0.391. The highest BCUT2D eigenvalue weighted by atomic mass is 127. The van der Waals surface area contributed by atoms with E-state index >= 15 is 0 Å². The van der Waals surface area contributed by atoms with E-state index < -0.39 is 0 Å². The molecule has 0 aromatic carbocycles. The molecule has 0 saturated carbocycles. The van der Waals surface area contributed by atoms with Crippen molar-refractivity contribution in [3.8, 4) is 0 Å². The minimum atomic E-state index is 0.890. The lowest BCUT2D eigenvalue weighted by Gasteiger charge is -2.04. The average molecular weight is 433 g/mol. The van der Waals surface area contributed by atoms with Crippen LogP contribution in [0.3, 0.4) is 0 Å². The topological polar surface area (TPSA) is 51.8 Å². The number of halogens is 1. The summed E-state index contributed by atoms with van der Waals surface area (Å²) in [5.41, 5.74) is 4.60. The van der Waals surface area contributed by atoms with Crippen LogP contribution < -0.4 is 0 Å². The molecule has 0 atom stereocenters. The smallest absolute Gasteiger partial charge is 0.137 e. The Kier molecular flexibility index (Phi) is 6.34. The lowest BCUT2D eigenvalue weighted by atomic mass is 10.1. The molecule has 124 valence electrons. The molecule has 0 bridgehead atoms. The van der Waals surface area contributed by atoms with Gasteiger partial charge in [-0.1, -0.05) is 33.8 Å². The van der Waals surface area contributed by atoms with Gasteiger partial charge in [-0.15, -0.1) is 0 Å². The van der Waals surface area contributed by atoms with Gasteiger partial charge in [0, 0.05) is 40.7 Å². The molecule has 3 heterocycles. The van der Waals surface area contributed by atoms with Gasteiger partial charge in [0.1, 0.15) is 5.76 Å². The van der Waals surface area contributed by atoms with E-state index in [-0.39, 0.29) is 0 Å². The molecule has 0 spiro atoms. The highest BCUT2D eigenvalue weighted by Gasteiger charge is 2.04. The second kappa shape index (κ2) is 8.92. The summed E-state index contributed by atoms with van der Waals surface area (Å²) < 4.78 is 6.21. The van der Waals surface area contributed by atoms with Crippen LogP contribution in [0, 0.1) is 0 Å². The highest BCUT2D eigenvalue weighted by Crippen LogP contribution is 2.12. The van der Waals surface area contributed by atoms with Crippen molar-refractivity contribution in [2.45, 2.75) is 36.5 Å². The zero-order valence-electron chi connectivity index (χ0n) is 13.5. The van der Waals surface area contributed by atoms with Gasteiger partial charge in [-0.05, 0) is 55.5 Å². The fraction of sp³-hybridized carbons (Fsp3) is 0.316. The molecule has 5 heteroatoms. The number of hydrogen-bond acceptors (Lipinski definition) is 4. The van der Waals surface area contributed by atoms with Gasteiger partial charge in [0.05, 0.1) is 5.69 Å². The van der Waals surface area contributed by atoms with Gasteiger partial charge in [0.15, 0.2) is 0 Å². The van der Waals surface area contributed by atoms with Crippen LogP contribution in [0.15, 0.2) is 53.3 Å². The van der Waals surface area contributed by atoms with E-state index in [9.17, 15) is 0 Å². The van der Waals surface area contributed by atoms with E-state index in [1.54, 1.807) is 0 Å². The number of nitrogens with zero attached hydrogens (tertiary/aromatic N) is 3. The monoisotopic (exact) mass is 433 g/mol. The lowest BCUT2D eigenvalue weighted by Crippen LogP contribution is -1.97. The molecule has 3 rings (SSSR count). The third-order valence-corrected chi connectivity index (χ3v) is 4.66. The molecule has 0 fully saturated rings. The van der Waals surface area contributed by atoms with Crippen molar-refractivity contribution in [3.05, 3.63) is 77.2 Å². The van der Waals surface area contributed by atoms with Gasteiger partial charge in [0.25, 0.3) is 0 Å². The minimum Gasteiger partial charge on any atom is -0.361 e. The van der Waals surface area contributed by atoms with E-state index in [4.69, 9.17) is 4.52 Å². The maximum absolute atomic E-state index is 5.32. The molecular formula is C19H20IN3O. The summed E-state index contributed by atoms with van der Waals surface area (Å²) in [4.78, 5) is 8.86. The average Bonchev–Trinajstić information content (AvgIpc) is 3.09. The molecule has 0 radical (unpaired) electrons. The number of hydrogen-bond donors (Lipinski definition) is 0. The van der Waals surface area contributed by atoms with E-state index in [0.29, 0.717) is 0 Å². The van der Waals surface area contributed by atoms with Crippen LogP contribution in [-0.2, 0) is 30.1 Å². The van der Waals surface area contributed by atoms with Crippen molar-refractivity contribution in [1.29, 1.82) is 0 Å². The Bertz CT molecular complexity index is 758. The van der Waals surface area contributed by atoms with Gasteiger partial charge < -0.3 is 4.52 Å². The predicted octanol–water partition coefficient (Wildman–Crippen LogP) is 4.36. The maximum atomic E-state index is 5.32. The van der Waals surface area contributed by atoms with Crippen LogP contribution in [0.4, 0.5) is 0 Å². The Morgan fingerprint density at radius 2 is 1.75 bits per heavy atom. The van der Waals surface area contributed by atoms with Crippen LogP contribution in [0.5, 0.6) is 0 Å². The molecule has 0 N–H and O–H groups in total. The first-order valence-electron chi connectivity index (χ1n) is 8.17. The first kappa shape index (κ1) is 17.1. The van der Waals surface area contributed by atoms with E-state index in [1.165, 1.54) is 5.56 Å². The first-order chi connectivity index (χ1) is 11.8. The van der Waals surface area contributed by atoms with Crippen LogP contribution in [0.1, 0.15) is 34.8 Å². The summed E-state index contributed by atoms with van der Waals surface area (Å²) in [6, 6.07) is 12.4. The molecule has 0 aliphatic rings. The van der Waals surface area contributed by atoms with Gasteiger partial charge in [0.2, 0.25) is 0 Å². The fourth-order valence-electron chi connectivity index (χ4n) is 2.62. The Morgan fingerprint density at radius 3 is 2.54 bits per heavy atom. The second-order valence-electron chi connectivity index (χ2n) is 5.75. The Balaban J connectivity index is 1.49. The van der Waals surface area contributed by atoms with Gasteiger partial charge in [-0.25, -0.2) is 0 Å². The molecule has 24 heavy (non-hydrogen) atoms. The molecule has 0 amide bonds. The molecule has 0 saturated heterocycles. The van der Waals surface area contributed by atoms with Crippen LogP contribution in [-0.4, -0.2) is 15.1 Å². The molecule has 4 nitrogen and oxygen atoms in total. The first-order valence-corrected chi connectivity index (χ1v) is 9.70. The lowest BCUT2D eigenvalue weighted by molar-refractivity contribution is 0.377. The number of alkyl halides is 1. The molecule has 0 aliphatic carbocycles. The zero-order valence-corrected chi connectivity index (χ0v) is 15.6. The second-order valence-corrected chi connectivity index (χ2v) is 6.51. The summed E-state index contributed by atoms with van der Waals surface area (Å²) in [6.07, 6.45) is 8.59. The third kappa shape index (κ3) is 5.12. The summed E-state index contributed by atoms with van der Waals surface area (Å²) in [5, 5.41) is 4.02. The molecular weight excluding hydrogens is 413 g/mol. The van der Waals surface area contributed by atoms with Crippen LogP contribution >= 0.6 is 22.6 Å². The van der Waals surface area contributed by atoms with E-state index in [1.807, 2.05) is 30.6 Å². The minimum absolute atomic E-state index is 0.890. The Hall–Kier alpha value is -1.76. The molecule has 3 aromatic rings.